The summed E-state index contributed by atoms with van der Waals surface area (Å²) in [6.07, 6.45) is 5.70. The van der Waals surface area contributed by atoms with Crippen molar-refractivity contribution >= 4 is 11.9 Å². The predicted molar refractivity (Wildman–Crippen MR) is 89.0 cm³/mol. The number of carboxylic acid groups (broad SMARTS) is 1. The van der Waals surface area contributed by atoms with Gasteiger partial charge in [-0.15, -0.1) is 0 Å². The van der Waals surface area contributed by atoms with Gasteiger partial charge >= 0.3 is 5.97 Å². The number of hydrogen-bond acceptors (Lipinski definition) is 4. The van der Waals surface area contributed by atoms with Crippen molar-refractivity contribution in [2.24, 2.45) is 0 Å². The molecule has 0 bridgehead atoms. The number of benzene rings is 1. The number of carbonyl (C=O) groups is 2. The molecule has 1 aliphatic carbocycles. The van der Waals surface area contributed by atoms with E-state index in [2.05, 4.69) is 22.8 Å². The van der Waals surface area contributed by atoms with Gasteiger partial charge in [-0.2, -0.15) is 5.26 Å². The predicted octanol–water partition coefficient (Wildman–Crippen LogP) is 1.82. The van der Waals surface area contributed by atoms with E-state index in [1.807, 2.05) is 13.0 Å². The molecule has 0 fully saturated rings. The minimum absolute atomic E-state index is 0.152. The average Bonchev–Trinajstić information content (AvgIpc) is 2.57. The van der Waals surface area contributed by atoms with E-state index in [-0.39, 0.29) is 18.2 Å². The molecule has 1 aromatic rings. The summed E-state index contributed by atoms with van der Waals surface area (Å²) in [6.45, 7) is 1.51. The number of fused-ring (bicyclic) bond motifs is 1. The minimum atomic E-state index is -1.06. The Balaban J connectivity index is 2.02. The Morgan fingerprint density at radius 2 is 2.04 bits per heavy atom. The second kappa shape index (κ2) is 8.16. The lowest BCUT2D eigenvalue weighted by Gasteiger charge is -2.20. The fraction of sp³-hybridized carbons (Fsp3) is 0.389. The highest BCUT2D eigenvalue weighted by Gasteiger charge is 2.16. The van der Waals surface area contributed by atoms with Crippen molar-refractivity contribution in [3.05, 3.63) is 46.7 Å². The van der Waals surface area contributed by atoms with Crippen molar-refractivity contribution in [1.82, 2.24) is 10.6 Å². The molecule has 1 unspecified atom stereocenters. The van der Waals surface area contributed by atoms with Gasteiger partial charge in [0, 0.05) is 6.20 Å². The van der Waals surface area contributed by atoms with Crippen LogP contribution in [0.5, 0.6) is 0 Å². The first-order valence-electron chi connectivity index (χ1n) is 7.99. The van der Waals surface area contributed by atoms with Crippen molar-refractivity contribution < 1.29 is 14.7 Å². The summed E-state index contributed by atoms with van der Waals surface area (Å²) in [5, 5.41) is 22.8. The number of amides is 1. The number of carbonyl (C=O) groups excluding carboxylic acids is 1. The normalized spacial score (nSPS) is 14.9. The molecule has 0 aliphatic heterocycles. The number of nitrogens with zero attached hydrogens (tertiary/aromatic N) is 1. The van der Waals surface area contributed by atoms with E-state index in [4.69, 9.17) is 10.4 Å². The summed E-state index contributed by atoms with van der Waals surface area (Å²) >= 11 is 0. The van der Waals surface area contributed by atoms with Gasteiger partial charge in [-0.25, -0.2) is 0 Å². The molecule has 1 atom stereocenters. The molecule has 1 aromatic carbocycles. The molecular weight excluding hydrogens is 306 g/mol. The number of rotatable bonds is 6. The molecule has 1 aliphatic rings. The quantitative estimate of drug-likeness (QED) is 0.546. The topological polar surface area (TPSA) is 102 Å². The highest BCUT2D eigenvalue weighted by Crippen LogP contribution is 2.24. The number of nitrogens with one attached hydrogen (secondary N) is 2. The van der Waals surface area contributed by atoms with E-state index in [0.717, 1.165) is 24.6 Å². The molecular formula is C18H21N3O3. The van der Waals surface area contributed by atoms with Crippen LogP contribution < -0.4 is 10.6 Å². The van der Waals surface area contributed by atoms with Gasteiger partial charge in [0.15, 0.2) is 0 Å². The number of aryl methyl sites for hydroxylation is 2. The molecule has 0 spiro atoms. The van der Waals surface area contributed by atoms with E-state index >= 15 is 0 Å². The zero-order chi connectivity index (χ0) is 17.5. The van der Waals surface area contributed by atoms with E-state index in [1.54, 1.807) is 6.07 Å². The van der Waals surface area contributed by atoms with Crippen LogP contribution in [0.2, 0.25) is 0 Å². The first kappa shape index (κ1) is 17.5. The SMILES string of the molecule is CC(NC(=O)/C(C#N)=C\NCC(=O)O)c1ccc2c(c1)CCCC2. The fourth-order valence-electron chi connectivity index (χ4n) is 2.77. The van der Waals surface area contributed by atoms with Crippen LogP contribution in [0.3, 0.4) is 0 Å². The third-order valence-electron chi connectivity index (χ3n) is 4.08. The molecule has 126 valence electrons. The van der Waals surface area contributed by atoms with Crippen LogP contribution in [0.1, 0.15) is 42.5 Å². The molecule has 0 saturated heterocycles. The summed E-state index contributed by atoms with van der Waals surface area (Å²) < 4.78 is 0. The smallest absolute Gasteiger partial charge is 0.322 e. The number of nitriles is 1. The molecule has 24 heavy (non-hydrogen) atoms. The summed E-state index contributed by atoms with van der Waals surface area (Å²) in [7, 11) is 0. The van der Waals surface area contributed by atoms with E-state index in [1.165, 1.54) is 24.0 Å². The highest BCUT2D eigenvalue weighted by atomic mass is 16.4. The Morgan fingerprint density at radius 3 is 2.71 bits per heavy atom. The van der Waals surface area contributed by atoms with Crippen LogP contribution in [-0.4, -0.2) is 23.5 Å². The van der Waals surface area contributed by atoms with Gasteiger partial charge in [-0.3, -0.25) is 9.59 Å². The van der Waals surface area contributed by atoms with E-state index in [9.17, 15) is 9.59 Å². The maximum absolute atomic E-state index is 12.1. The number of aliphatic carboxylic acids is 1. The van der Waals surface area contributed by atoms with Crippen molar-refractivity contribution in [3.8, 4) is 6.07 Å². The largest absolute Gasteiger partial charge is 0.480 e. The zero-order valence-corrected chi connectivity index (χ0v) is 13.6. The van der Waals surface area contributed by atoms with Gasteiger partial charge in [0.2, 0.25) is 0 Å². The van der Waals surface area contributed by atoms with Crippen LogP contribution in [0.25, 0.3) is 0 Å². The Hall–Kier alpha value is -2.81. The second-order valence-electron chi connectivity index (χ2n) is 5.87. The minimum Gasteiger partial charge on any atom is -0.480 e. The van der Waals surface area contributed by atoms with Gasteiger partial charge in [0.1, 0.15) is 18.2 Å². The number of carboxylic acids is 1. The average molecular weight is 327 g/mol. The summed E-state index contributed by atoms with van der Waals surface area (Å²) in [4.78, 5) is 22.6. The fourth-order valence-corrected chi connectivity index (χ4v) is 2.77. The third kappa shape index (κ3) is 4.59. The first-order chi connectivity index (χ1) is 11.5. The highest BCUT2D eigenvalue weighted by molar-refractivity contribution is 5.97. The van der Waals surface area contributed by atoms with Crippen LogP contribution in [-0.2, 0) is 22.4 Å². The van der Waals surface area contributed by atoms with Gasteiger partial charge in [0.25, 0.3) is 5.91 Å². The molecule has 2 rings (SSSR count). The van der Waals surface area contributed by atoms with Gasteiger partial charge in [0.05, 0.1) is 6.04 Å². The van der Waals surface area contributed by atoms with Crippen molar-refractivity contribution in [2.75, 3.05) is 6.54 Å². The van der Waals surface area contributed by atoms with Crippen LogP contribution in [0.4, 0.5) is 0 Å². The molecule has 6 heteroatoms. The van der Waals surface area contributed by atoms with E-state index in [0.29, 0.717) is 0 Å². The van der Waals surface area contributed by atoms with Crippen molar-refractivity contribution in [3.63, 3.8) is 0 Å². The summed E-state index contributed by atoms with van der Waals surface area (Å²) in [5.74, 6) is -1.59. The lowest BCUT2D eigenvalue weighted by atomic mass is 9.89. The Bertz CT molecular complexity index is 704. The second-order valence-corrected chi connectivity index (χ2v) is 5.87. The van der Waals surface area contributed by atoms with Gasteiger partial charge < -0.3 is 15.7 Å². The maximum Gasteiger partial charge on any atom is 0.322 e. The molecule has 0 radical (unpaired) electrons. The Kier molecular flexibility index (Phi) is 5.96. The summed E-state index contributed by atoms with van der Waals surface area (Å²) in [5.41, 5.74) is 3.55. The number of hydrogen-bond donors (Lipinski definition) is 3. The third-order valence-corrected chi connectivity index (χ3v) is 4.08. The first-order valence-corrected chi connectivity index (χ1v) is 7.99. The Labute approximate surface area is 141 Å². The molecule has 1 amide bonds. The maximum atomic E-state index is 12.1. The summed E-state index contributed by atoms with van der Waals surface area (Å²) in [6, 6.07) is 7.78. The van der Waals surface area contributed by atoms with E-state index < -0.39 is 11.9 Å². The van der Waals surface area contributed by atoms with Crippen molar-refractivity contribution in [2.45, 2.75) is 38.6 Å². The standard InChI is InChI=1S/C18H21N3O3/c1-12(14-7-6-13-4-2-3-5-15(13)8-14)21-18(24)16(9-19)10-20-11-17(22)23/h6-8,10,12,20H,2-5,11H2,1H3,(H,21,24)(H,22,23)/b16-10-. The van der Waals surface area contributed by atoms with Crippen LogP contribution in [0, 0.1) is 11.3 Å². The monoisotopic (exact) mass is 327 g/mol. The molecule has 3 N–H and O–H groups in total. The zero-order valence-electron chi connectivity index (χ0n) is 13.6. The van der Waals surface area contributed by atoms with Crippen LogP contribution >= 0.6 is 0 Å². The van der Waals surface area contributed by atoms with Gasteiger partial charge in [-0.1, -0.05) is 18.2 Å². The Morgan fingerprint density at radius 1 is 1.33 bits per heavy atom. The van der Waals surface area contributed by atoms with Crippen LogP contribution in [0.15, 0.2) is 30.0 Å². The van der Waals surface area contributed by atoms with Crippen molar-refractivity contribution in [1.29, 1.82) is 5.26 Å². The lowest BCUT2D eigenvalue weighted by molar-refractivity contribution is -0.135. The van der Waals surface area contributed by atoms with Gasteiger partial charge in [-0.05, 0) is 49.3 Å². The molecule has 0 heterocycles. The molecule has 0 saturated carbocycles. The lowest BCUT2D eigenvalue weighted by Crippen LogP contribution is -2.29. The molecule has 0 aromatic heterocycles. The molecule has 6 nitrogen and oxygen atoms in total.